The predicted octanol–water partition coefficient (Wildman–Crippen LogP) is 5.06. The number of nitrogens with zero attached hydrogens (tertiary/aromatic N) is 1. The number of aliphatic hydroxyl groups excluding tert-OH is 2. The topological polar surface area (TPSA) is 88.9 Å². The van der Waals surface area contributed by atoms with Crippen LogP contribution >= 0.6 is 0 Å². The molecule has 192 valence electrons. The standard InChI is InChI=1S/C30H30FNO5/c1-36-27(35)17-22(34)16-21(33)12-13-24-28(18-8-10-20(31)11-9-18)25-14-15-37-26-5-3-2-4-23(26)30(25)32-29(24)19-6-7-19/h2-5,8-13,19,21-22,33-34H,6-7,14-17H2,1H3/b13-12+. The summed E-state index contributed by atoms with van der Waals surface area (Å²) in [7, 11) is 1.26. The molecule has 2 N–H and O–H groups in total. The minimum absolute atomic E-state index is 0.00414. The van der Waals surface area contributed by atoms with Crippen LogP contribution < -0.4 is 4.74 Å². The highest BCUT2D eigenvalue weighted by Gasteiger charge is 2.32. The minimum atomic E-state index is -1.02. The number of halogens is 1. The predicted molar refractivity (Wildman–Crippen MR) is 139 cm³/mol. The lowest BCUT2D eigenvalue weighted by Crippen LogP contribution is -2.20. The summed E-state index contributed by atoms with van der Waals surface area (Å²) in [5.41, 5.74) is 6.46. The van der Waals surface area contributed by atoms with Gasteiger partial charge in [0, 0.05) is 29.9 Å². The number of methoxy groups -OCH3 is 1. The summed E-state index contributed by atoms with van der Waals surface area (Å²) in [6.07, 6.45) is 3.96. The molecule has 2 heterocycles. The molecule has 2 aliphatic rings. The molecule has 0 bridgehead atoms. The fourth-order valence-corrected chi connectivity index (χ4v) is 4.88. The Bertz CT molecular complexity index is 1320. The first-order chi connectivity index (χ1) is 17.9. The number of ether oxygens (including phenoxy) is 2. The van der Waals surface area contributed by atoms with E-state index >= 15 is 0 Å². The number of pyridine rings is 1. The molecule has 1 aliphatic carbocycles. The molecule has 0 radical (unpaired) electrons. The molecule has 37 heavy (non-hydrogen) atoms. The van der Waals surface area contributed by atoms with E-state index in [1.165, 1.54) is 19.2 Å². The van der Waals surface area contributed by atoms with Crippen LogP contribution in [0.15, 0.2) is 54.6 Å². The van der Waals surface area contributed by atoms with Crippen molar-refractivity contribution in [2.24, 2.45) is 0 Å². The van der Waals surface area contributed by atoms with Crippen LogP contribution in [-0.2, 0) is 16.0 Å². The third-order valence-corrected chi connectivity index (χ3v) is 6.84. The number of benzene rings is 2. The van der Waals surface area contributed by atoms with E-state index in [9.17, 15) is 19.4 Å². The number of aliphatic hydroxyl groups is 2. The van der Waals surface area contributed by atoms with Crippen LogP contribution in [0.1, 0.15) is 48.4 Å². The van der Waals surface area contributed by atoms with Gasteiger partial charge in [-0.3, -0.25) is 9.78 Å². The van der Waals surface area contributed by atoms with Crippen LogP contribution in [0.2, 0.25) is 0 Å². The lowest BCUT2D eigenvalue weighted by Gasteiger charge is -2.20. The smallest absolute Gasteiger partial charge is 0.308 e. The summed E-state index contributed by atoms with van der Waals surface area (Å²) in [5.74, 6) is 0.240. The number of rotatable bonds is 8. The summed E-state index contributed by atoms with van der Waals surface area (Å²) in [5, 5.41) is 20.8. The summed E-state index contributed by atoms with van der Waals surface area (Å²) >= 11 is 0. The zero-order valence-electron chi connectivity index (χ0n) is 20.7. The zero-order chi connectivity index (χ0) is 25.9. The Hall–Kier alpha value is -3.55. The van der Waals surface area contributed by atoms with Gasteiger partial charge in [0.25, 0.3) is 0 Å². The molecule has 1 aliphatic heterocycles. The molecule has 3 aromatic rings. The van der Waals surface area contributed by atoms with Crippen molar-refractivity contribution in [3.63, 3.8) is 0 Å². The van der Waals surface area contributed by atoms with Crippen LogP contribution in [-0.4, -0.2) is 47.1 Å². The summed E-state index contributed by atoms with van der Waals surface area (Å²) in [6.45, 7) is 0.480. The number of hydrogen-bond acceptors (Lipinski definition) is 6. The molecule has 6 nitrogen and oxygen atoms in total. The van der Waals surface area contributed by atoms with E-state index in [0.29, 0.717) is 18.9 Å². The van der Waals surface area contributed by atoms with E-state index in [-0.39, 0.29) is 18.7 Å². The van der Waals surface area contributed by atoms with Crippen molar-refractivity contribution in [3.8, 4) is 28.1 Å². The number of aromatic nitrogens is 1. The molecule has 1 aromatic heterocycles. The maximum atomic E-state index is 13.9. The molecule has 1 fully saturated rings. The number of carbonyl (C=O) groups is 1. The fraction of sp³-hybridized carbons (Fsp3) is 0.333. The highest BCUT2D eigenvalue weighted by atomic mass is 19.1. The number of fused-ring (bicyclic) bond motifs is 3. The van der Waals surface area contributed by atoms with Gasteiger partial charge in [-0.25, -0.2) is 4.39 Å². The van der Waals surface area contributed by atoms with E-state index in [4.69, 9.17) is 9.72 Å². The largest absolute Gasteiger partial charge is 0.493 e. The minimum Gasteiger partial charge on any atom is -0.493 e. The number of carbonyl (C=O) groups excluding carboxylic acids is 1. The highest BCUT2D eigenvalue weighted by Crippen LogP contribution is 2.48. The van der Waals surface area contributed by atoms with E-state index in [0.717, 1.165) is 57.8 Å². The molecule has 2 aromatic carbocycles. The maximum Gasteiger partial charge on any atom is 0.308 e. The summed E-state index contributed by atoms with van der Waals surface area (Å²) in [6, 6.07) is 14.3. The lowest BCUT2D eigenvalue weighted by atomic mass is 9.87. The van der Waals surface area contributed by atoms with Gasteiger partial charge in [0.05, 0.1) is 43.7 Å². The van der Waals surface area contributed by atoms with Crippen molar-refractivity contribution in [2.75, 3.05) is 13.7 Å². The Morgan fingerprint density at radius 3 is 2.68 bits per heavy atom. The van der Waals surface area contributed by atoms with Crippen LogP contribution in [0, 0.1) is 5.82 Å². The van der Waals surface area contributed by atoms with Gasteiger partial charge in [0.1, 0.15) is 11.6 Å². The quantitative estimate of drug-likeness (QED) is 0.418. The third kappa shape index (κ3) is 5.58. The van der Waals surface area contributed by atoms with Gasteiger partial charge in [0.2, 0.25) is 0 Å². The van der Waals surface area contributed by atoms with Crippen molar-refractivity contribution in [2.45, 2.75) is 50.2 Å². The van der Waals surface area contributed by atoms with Crippen molar-refractivity contribution < 1.29 is 28.9 Å². The highest BCUT2D eigenvalue weighted by molar-refractivity contribution is 5.86. The van der Waals surface area contributed by atoms with Gasteiger partial charge >= 0.3 is 5.97 Å². The van der Waals surface area contributed by atoms with E-state index in [1.807, 2.05) is 30.3 Å². The molecule has 2 atom stereocenters. The Labute approximate surface area is 215 Å². The Morgan fingerprint density at radius 1 is 1.19 bits per heavy atom. The van der Waals surface area contributed by atoms with E-state index < -0.39 is 18.2 Å². The van der Waals surface area contributed by atoms with Gasteiger partial charge in [-0.15, -0.1) is 0 Å². The molecule has 1 saturated carbocycles. The molecular formula is C30H30FNO5. The molecular weight excluding hydrogens is 473 g/mol. The van der Waals surface area contributed by atoms with E-state index in [2.05, 4.69) is 4.74 Å². The molecule has 0 amide bonds. The van der Waals surface area contributed by atoms with Crippen molar-refractivity contribution in [3.05, 3.63) is 77.2 Å². The van der Waals surface area contributed by atoms with Crippen LogP contribution in [0.3, 0.4) is 0 Å². The van der Waals surface area contributed by atoms with Gasteiger partial charge in [-0.1, -0.05) is 36.4 Å². The SMILES string of the molecule is COC(=O)CC(O)CC(O)/C=C/c1c(C2CC2)nc2c(c1-c1ccc(F)cc1)CCOc1ccccc1-2. The summed E-state index contributed by atoms with van der Waals surface area (Å²) < 4.78 is 24.5. The van der Waals surface area contributed by atoms with E-state index in [1.54, 1.807) is 18.2 Å². The molecule has 0 spiro atoms. The first-order valence-electron chi connectivity index (χ1n) is 12.6. The molecule has 2 unspecified atom stereocenters. The fourth-order valence-electron chi connectivity index (χ4n) is 4.88. The Kier molecular flexibility index (Phi) is 7.35. The molecule has 5 rings (SSSR count). The second-order valence-corrected chi connectivity index (χ2v) is 9.58. The van der Waals surface area contributed by atoms with Gasteiger partial charge in [-0.05, 0) is 53.8 Å². The average Bonchev–Trinajstić information content (AvgIpc) is 3.74. The van der Waals surface area contributed by atoms with Gasteiger partial charge < -0.3 is 19.7 Å². The van der Waals surface area contributed by atoms with Crippen molar-refractivity contribution >= 4 is 12.0 Å². The Morgan fingerprint density at radius 2 is 1.95 bits per heavy atom. The number of hydrogen-bond donors (Lipinski definition) is 2. The average molecular weight is 504 g/mol. The maximum absolute atomic E-state index is 13.9. The second-order valence-electron chi connectivity index (χ2n) is 9.58. The number of para-hydroxylation sites is 1. The van der Waals surface area contributed by atoms with Crippen LogP contribution in [0.4, 0.5) is 4.39 Å². The normalized spacial score (nSPS) is 16.3. The van der Waals surface area contributed by atoms with Gasteiger partial charge in [-0.2, -0.15) is 0 Å². The second kappa shape index (κ2) is 10.8. The first kappa shape index (κ1) is 25.1. The summed E-state index contributed by atoms with van der Waals surface area (Å²) in [4.78, 5) is 16.6. The van der Waals surface area contributed by atoms with Crippen LogP contribution in [0.5, 0.6) is 5.75 Å². The monoisotopic (exact) mass is 503 g/mol. The number of esters is 1. The van der Waals surface area contributed by atoms with Gasteiger partial charge in [0.15, 0.2) is 0 Å². The third-order valence-electron chi connectivity index (χ3n) is 6.84. The first-order valence-corrected chi connectivity index (χ1v) is 12.6. The van der Waals surface area contributed by atoms with Crippen molar-refractivity contribution in [1.29, 1.82) is 0 Å². The molecule has 7 heteroatoms. The molecule has 0 saturated heterocycles. The lowest BCUT2D eigenvalue weighted by molar-refractivity contribution is -0.143. The van der Waals surface area contributed by atoms with Crippen molar-refractivity contribution in [1.82, 2.24) is 4.98 Å². The zero-order valence-corrected chi connectivity index (χ0v) is 20.7. The Balaban J connectivity index is 1.62. The van der Waals surface area contributed by atoms with Crippen LogP contribution in [0.25, 0.3) is 28.5 Å².